The number of nitrogens with zero attached hydrogens (tertiary/aromatic N) is 2. The summed E-state index contributed by atoms with van der Waals surface area (Å²) in [6.07, 6.45) is 4.69. The van der Waals surface area contributed by atoms with Crippen LogP contribution in [-0.2, 0) is 0 Å². The third kappa shape index (κ3) is 3.97. The fourth-order valence-corrected chi connectivity index (χ4v) is 3.28. The van der Waals surface area contributed by atoms with E-state index in [-0.39, 0.29) is 6.09 Å². The van der Waals surface area contributed by atoms with Crippen LogP contribution in [0.3, 0.4) is 0 Å². The Bertz CT molecular complexity index is 449. The van der Waals surface area contributed by atoms with E-state index in [9.17, 15) is 4.79 Å². The van der Waals surface area contributed by atoms with Crippen molar-refractivity contribution in [2.24, 2.45) is 5.92 Å². The molecule has 21 heavy (non-hydrogen) atoms. The van der Waals surface area contributed by atoms with E-state index >= 15 is 0 Å². The Morgan fingerprint density at radius 3 is 2.38 bits per heavy atom. The van der Waals surface area contributed by atoms with E-state index < -0.39 is 0 Å². The Morgan fingerprint density at radius 1 is 1.05 bits per heavy atom. The van der Waals surface area contributed by atoms with Crippen LogP contribution in [0.5, 0.6) is 5.75 Å². The molecule has 3 rings (SSSR count). The first-order chi connectivity index (χ1) is 10.3. The van der Waals surface area contributed by atoms with Gasteiger partial charge < -0.3 is 14.5 Å². The van der Waals surface area contributed by atoms with E-state index in [1.165, 1.54) is 32.5 Å². The monoisotopic (exact) mass is 288 g/mol. The summed E-state index contributed by atoms with van der Waals surface area (Å²) in [6, 6.07) is 9.31. The van der Waals surface area contributed by atoms with Gasteiger partial charge in [0.2, 0.25) is 0 Å². The topological polar surface area (TPSA) is 32.8 Å². The van der Waals surface area contributed by atoms with Crippen molar-refractivity contribution >= 4 is 6.09 Å². The zero-order chi connectivity index (χ0) is 14.5. The van der Waals surface area contributed by atoms with Gasteiger partial charge in [-0.1, -0.05) is 18.2 Å². The lowest BCUT2D eigenvalue weighted by Crippen LogP contribution is -2.42. The molecule has 4 nitrogen and oxygen atoms in total. The number of rotatable bonds is 3. The molecule has 2 saturated heterocycles. The Labute approximate surface area is 126 Å². The van der Waals surface area contributed by atoms with Crippen molar-refractivity contribution in [1.29, 1.82) is 0 Å². The van der Waals surface area contributed by atoms with Gasteiger partial charge in [0, 0.05) is 19.6 Å². The molecule has 114 valence electrons. The Balaban J connectivity index is 1.43. The molecule has 0 saturated carbocycles. The predicted octanol–water partition coefficient (Wildman–Crippen LogP) is 2.99. The number of piperidine rings is 1. The molecule has 0 radical (unpaired) electrons. The summed E-state index contributed by atoms with van der Waals surface area (Å²) < 4.78 is 5.40. The van der Waals surface area contributed by atoms with Crippen molar-refractivity contribution in [2.45, 2.75) is 25.7 Å². The molecule has 0 atom stereocenters. The van der Waals surface area contributed by atoms with E-state index in [0.717, 1.165) is 31.8 Å². The van der Waals surface area contributed by atoms with Gasteiger partial charge in [-0.3, -0.25) is 0 Å². The summed E-state index contributed by atoms with van der Waals surface area (Å²) in [4.78, 5) is 16.5. The lowest BCUT2D eigenvalue weighted by molar-refractivity contribution is 0.122. The average molecular weight is 288 g/mol. The molecule has 0 bridgehead atoms. The average Bonchev–Trinajstić information content (AvgIpc) is 3.02. The summed E-state index contributed by atoms with van der Waals surface area (Å²) in [5.74, 6) is 1.37. The first-order valence-electron chi connectivity index (χ1n) is 8.05. The fourth-order valence-electron chi connectivity index (χ4n) is 3.28. The number of hydrogen-bond donors (Lipinski definition) is 0. The number of para-hydroxylation sites is 1. The number of amides is 1. The van der Waals surface area contributed by atoms with E-state index in [0.29, 0.717) is 5.75 Å². The highest BCUT2D eigenvalue weighted by atomic mass is 16.6. The van der Waals surface area contributed by atoms with Crippen LogP contribution >= 0.6 is 0 Å². The maximum atomic E-state index is 12.1. The number of carbonyl (C=O) groups excluding carboxylic acids is 1. The summed E-state index contributed by atoms with van der Waals surface area (Å²) in [7, 11) is 0. The van der Waals surface area contributed by atoms with Crippen molar-refractivity contribution < 1.29 is 9.53 Å². The van der Waals surface area contributed by atoms with Crippen molar-refractivity contribution in [3.05, 3.63) is 30.3 Å². The van der Waals surface area contributed by atoms with Crippen LogP contribution in [0.4, 0.5) is 4.79 Å². The second kappa shape index (κ2) is 6.94. The quantitative estimate of drug-likeness (QED) is 0.857. The minimum Gasteiger partial charge on any atom is -0.410 e. The minimum absolute atomic E-state index is 0.208. The molecule has 1 aromatic carbocycles. The molecule has 2 aliphatic rings. The molecular weight excluding hydrogens is 264 g/mol. The molecule has 0 aliphatic carbocycles. The summed E-state index contributed by atoms with van der Waals surface area (Å²) in [6.45, 7) is 5.38. The molecule has 4 heteroatoms. The van der Waals surface area contributed by atoms with E-state index in [1.54, 1.807) is 0 Å². The SMILES string of the molecule is O=C(Oc1ccccc1)N1CCC(CN2CCCC2)CC1. The molecule has 2 fully saturated rings. The molecule has 0 unspecified atom stereocenters. The summed E-state index contributed by atoms with van der Waals surface area (Å²) in [5, 5.41) is 0. The highest BCUT2D eigenvalue weighted by Crippen LogP contribution is 2.21. The molecule has 0 N–H and O–H groups in total. The standard InChI is InChI=1S/C17H24N2O2/c20-17(21-16-6-2-1-3-7-16)19-12-8-15(9-13-19)14-18-10-4-5-11-18/h1-3,6-7,15H,4-5,8-14H2. The van der Waals surface area contributed by atoms with Gasteiger partial charge in [-0.25, -0.2) is 4.79 Å². The highest BCUT2D eigenvalue weighted by Gasteiger charge is 2.26. The van der Waals surface area contributed by atoms with Gasteiger partial charge in [-0.15, -0.1) is 0 Å². The smallest absolute Gasteiger partial charge is 0.410 e. The zero-order valence-corrected chi connectivity index (χ0v) is 12.5. The Kier molecular flexibility index (Phi) is 4.76. The number of ether oxygens (including phenoxy) is 1. The van der Waals surface area contributed by atoms with Crippen molar-refractivity contribution in [1.82, 2.24) is 9.80 Å². The molecular formula is C17H24N2O2. The zero-order valence-electron chi connectivity index (χ0n) is 12.5. The maximum Gasteiger partial charge on any atom is 0.415 e. The van der Waals surface area contributed by atoms with Gasteiger partial charge in [-0.05, 0) is 56.8 Å². The van der Waals surface area contributed by atoms with Crippen LogP contribution in [0.2, 0.25) is 0 Å². The highest BCUT2D eigenvalue weighted by molar-refractivity contribution is 5.70. The second-order valence-electron chi connectivity index (χ2n) is 6.12. The van der Waals surface area contributed by atoms with Crippen LogP contribution in [-0.4, -0.2) is 48.6 Å². The number of likely N-dealkylation sites (tertiary alicyclic amines) is 2. The van der Waals surface area contributed by atoms with Crippen LogP contribution in [0.25, 0.3) is 0 Å². The number of carbonyl (C=O) groups is 1. The van der Waals surface area contributed by atoms with Crippen molar-refractivity contribution in [3.8, 4) is 5.75 Å². The molecule has 0 aromatic heterocycles. The third-order valence-corrected chi connectivity index (χ3v) is 4.54. The van der Waals surface area contributed by atoms with Crippen LogP contribution in [0.1, 0.15) is 25.7 Å². The maximum absolute atomic E-state index is 12.1. The third-order valence-electron chi connectivity index (χ3n) is 4.54. The first kappa shape index (κ1) is 14.4. The fraction of sp³-hybridized carbons (Fsp3) is 0.588. The van der Waals surface area contributed by atoms with Crippen LogP contribution in [0, 0.1) is 5.92 Å². The van der Waals surface area contributed by atoms with Crippen molar-refractivity contribution in [2.75, 3.05) is 32.7 Å². The molecule has 2 aliphatic heterocycles. The van der Waals surface area contributed by atoms with Gasteiger partial charge in [0.15, 0.2) is 0 Å². The van der Waals surface area contributed by atoms with E-state index in [4.69, 9.17) is 4.74 Å². The predicted molar refractivity (Wildman–Crippen MR) is 82.4 cm³/mol. The Hall–Kier alpha value is -1.55. The second-order valence-corrected chi connectivity index (χ2v) is 6.12. The summed E-state index contributed by atoms with van der Waals surface area (Å²) >= 11 is 0. The first-order valence-corrected chi connectivity index (χ1v) is 8.05. The lowest BCUT2D eigenvalue weighted by atomic mass is 9.96. The molecule has 1 amide bonds. The lowest BCUT2D eigenvalue weighted by Gasteiger charge is -2.33. The van der Waals surface area contributed by atoms with Gasteiger partial charge in [0.05, 0.1) is 0 Å². The summed E-state index contributed by atoms with van der Waals surface area (Å²) in [5.41, 5.74) is 0. The molecule has 2 heterocycles. The van der Waals surface area contributed by atoms with Gasteiger partial charge in [0.25, 0.3) is 0 Å². The van der Waals surface area contributed by atoms with Gasteiger partial charge in [0.1, 0.15) is 5.75 Å². The normalized spacial score (nSPS) is 20.7. The van der Waals surface area contributed by atoms with Gasteiger partial charge >= 0.3 is 6.09 Å². The number of hydrogen-bond acceptors (Lipinski definition) is 3. The van der Waals surface area contributed by atoms with Crippen molar-refractivity contribution in [3.63, 3.8) is 0 Å². The molecule has 1 aromatic rings. The van der Waals surface area contributed by atoms with Crippen LogP contribution < -0.4 is 4.74 Å². The van der Waals surface area contributed by atoms with Gasteiger partial charge in [-0.2, -0.15) is 0 Å². The molecule has 0 spiro atoms. The number of benzene rings is 1. The van der Waals surface area contributed by atoms with Crippen LogP contribution in [0.15, 0.2) is 30.3 Å². The van der Waals surface area contributed by atoms with E-state index in [1.807, 2.05) is 35.2 Å². The van der Waals surface area contributed by atoms with E-state index in [2.05, 4.69) is 4.90 Å². The minimum atomic E-state index is -0.208. The largest absolute Gasteiger partial charge is 0.415 e. The Morgan fingerprint density at radius 2 is 1.71 bits per heavy atom.